The Morgan fingerprint density at radius 1 is 1.28 bits per heavy atom. The summed E-state index contributed by atoms with van der Waals surface area (Å²) in [7, 11) is -5.57. The summed E-state index contributed by atoms with van der Waals surface area (Å²) in [5.74, 6) is 0.430. The van der Waals surface area contributed by atoms with Crippen LogP contribution in [0.4, 0.5) is 4.79 Å². The summed E-state index contributed by atoms with van der Waals surface area (Å²) < 4.78 is 35.0. The number of carbonyl (C=O) groups excluding carboxylic acids is 1. The summed E-state index contributed by atoms with van der Waals surface area (Å²) in [6, 6.07) is 11.2. The van der Waals surface area contributed by atoms with Crippen molar-refractivity contribution in [3.8, 4) is 5.88 Å². The van der Waals surface area contributed by atoms with Gasteiger partial charge < -0.3 is 9.47 Å². The Morgan fingerprint density at radius 3 is 2.50 bits per heavy atom. The normalized spacial score (nSPS) is 15.3. The van der Waals surface area contributed by atoms with Gasteiger partial charge in [0.25, 0.3) is 0 Å². The second-order valence-corrected chi connectivity index (χ2v) is 17.6. The Bertz CT molecular complexity index is 1120. The van der Waals surface area contributed by atoms with Crippen LogP contribution in [-0.4, -0.2) is 40.7 Å². The predicted octanol–water partition coefficient (Wildman–Crippen LogP) is 6.35. The molecule has 2 aromatic rings. The number of hydrogen-bond donors (Lipinski definition) is 1. The van der Waals surface area contributed by atoms with E-state index >= 15 is 0 Å². The van der Waals surface area contributed by atoms with E-state index in [2.05, 4.69) is 50.3 Å². The minimum atomic E-state index is -3.17. The Labute approximate surface area is 217 Å². The lowest BCUT2D eigenvalue weighted by atomic mass is 10.1. The summed E-state index contributed by atoms with van der Waals surface area (Å²) in [6.07, 6.45) is 2.91. The number of nitrogens with zero attached hydrogens (tertiary/aromatic N) is 3. The van der Waals surface area contributed by atoms with E-state index in [0.717, 1.165) is 12.1 Å². The smallest absolute Gasteiger partial charge is 0.420 e. The molecule has 1 heterocycles. The zero-order valence-corrected chi connectivity index (χ0v) is 24.5. The van der Waals surface area contributed by atoms with Crippen molar-refractivity contribution in [1.82, 2.24) is 14.5 Å². The Morgan fingerprint density at radius 2 is 1.94 bits per heavy atom. The van der Waals surface area contributed by atoms with Crippen LogP contribution in [0.3, 0.4) is 0 Å². The molecule has 1 aromatic carbocycles. The lowest BCUT2D eigenvalue weighted by molar-refractivity contribution is 0.113. The maximum absolute atomic E-state index is 14.3. The molecule has 0 saturated carbocycles. The van der Waals surface area contributed by atoms with Crippen molar-refractivity contribution in [2.75, 3.05) is 12.4 Å². The van der Waals surface area contributed by atoms with Crippen LogP contribution in [0.1, 0.15) is 52.7 Å². The molecule has 3 atom stereocenters. The lowest BCUT2D eigenvalue weighted by Gasteiger charge is -2.34. The maximum Gasteiger partial charge on any atom is 0.420 e. The molecule has 0 unspecified atom stereocenters. The molecular formula is C26H42N4O4SSi. The van der Waals surface area contributed by atoms with Gasteiger partial charge in [0.2, 0.25) is 5.88 Å². The summed E-state index contributed by atoms with van der Waals surface area (Å²) in [5.41, 5.74) is 0.852. The van der Waals surface area contributed by atoms with E-state index in [1.165, 1.54) is 0 Å². The highest BCUT2D eigenvalue weighted by Crippen LogP contribution is 2.37. The summed E-state index contributed by atoms with van der Waals surface area (Å²) in [5, 5.41) is 4.19. The highest BCUT2D eigenvalue weighted by molar-refractivity contribution is 7.93. The number of benzene rings is 1. The zero-order chi connectivity index (χ0) is 27.0. The standard InChI is InChI=1S/C26H42N4O4SSi/c1-9-14-22(19-33-24-17-18-30(10-2)27-24)20-35(32,29-36(7,8)26(4,5)6)28-25(31)34-21(3)23-15-12-11-13-16-23/h9,11-13,15-18,21-22H,1,10,14,19-20H2,2-8H3,(H,28,29,31,32)/t21-,22+,35+/m0/s1. The van der Waals surface area contributed by atoms with E-state index in [-0.39, 0.29) is 23.3 Å². The topological polar surface area (TPSA) is 94.8 Å². The van der Waals surface area contributed by atoms with Gasteiger partial charge in [0.1, 0.15) is 16.0 Å². The summed E-state index contributed by atoms with van der Waals surface area (Å²) >= 11 is 0. The average Bonchev–Trinajstić information content (AvgIpc) is 3.25. The number of aryl methyl sites for hydroxylation is 1. The number of hydrogen-bond acceptors (Lipinski definition) is 6. The molecule has 0 fully saturated rings. The van der Waals surface area contributed by atoms with Gasteiger partial charge in [-0.25, -0.2) is 13.7 Å². The first-order valence-electron chi connectivity index (χ1n) is 12.3. The van der Waals surface area contributed by atoms with Crippen LogP contribution >= 0.6 is 0 Å². The predicted molar refractivity (Wildman–Crippen MR) is 149 cm³/mol. The summed E-state index contributed by atoms with van der Waals surface area (Å²) in [4.78, 5) is 12.9. The first-order chi connectivity index (χ1) is 16.8. The molecule has 2 rings (SSSR count). The Balaban J connectivity index is 2.28. The molecule has 10 heteroatoms. The largest absolute Gasteiger partial charge is 0.476 e. The van der Waals surface area contributed by atoms with Crippen LogP contribution in [0, 0.1) is 5.92 Å². The number of rotatable bonds is 12. The molecule has 0 aliphatic heterocycles. The van der Waals surface area contributed by atoms with Gasteiger partial charge >= 0.3 is 6.09 Å². The maximum atomic E-state index is 14.3. The minimum absolute atomic E-state index is 0.120. The highest BCUT2D eigenvalue weighted by atomic mass is 32.2. The molecule has 0 radical (unpaired) electrons. The van der Waals surface area contributed by atoms with Crippen LogP contribution in [0.25, 0.3) is 0 Å². The first kappa shape index (κ1) is 29.6. The average molecular weight is 535 g/mol. The first-order valence-corrected chi connectivity index (χ1v) is 17.0. The number of allylic oxidation sites excluding steroid dienone is 1. The quantitative estimate of drug-likeness (QED) is 0.253. The van der Waals surface area contributed by atoms with Crippen molar-refractivity contribution in [3.63, 3.8) is 0 Å². The molecule has 1 aromatic heterocycles. The van der Waals surface area contributed by atoms with Crippen molar-refractivity contribution < 1.29 is 18.5 Å². The van der Waals surface area contributed by atoms with Crippen LogP contribution in [0.15, 0.2) is 59.3 Å². The van der Waals surface area contributed by atoms with Crippen LogP contribution < -0.4 is 9.46 Å². The molecular weight excluding hydrogens is 492 g/mol. The van der Waals surface area contributed by atoms with Crippen molar-refractivity contribution in [3.05, 3.63) is 60.8 Å². The molecule has 0 saturated heterocycles. The van der Waals surface area contributed by atoms with Crippen molar-refractivity contribution >= 4 is 24.2 Å². The van der Waals surface area contributed by atoms with Gasteiger partial charge in [-0.2, -0.15) is 0 Å². The van der Waals surface area contributed by atoms with Gasteiger partial charge in [0, 0.05) is 24.7 Å². The molecule has 0 spiro atoms. The van der Waals surface area contributed by atoms with Gasteiger partial charge in [-0.05, 0) is 44.0 Å². The lowest BCUT2D eigenvalue weighted by Crippen LogP contribution is -2.43. The van der Waals surface area contributed by atoms with Crippen LogP contribution in [0.2, 0.25) is 18.1 Å². The van der Waals surface area contributed by atoms with Crippen LogP contribution in [-0.2, 0) is 21.2 Å². The fraction of sp³-hybridized carbons (Fsp3) is 0.538. The Hall–Kier alpha value is -2.59. The van der Waals surface area contributed by atoms with Gasteiger partial charge in [0.15, 0.2) is 8.24 Å². The minimum Gasteiger partial charge on any atom is -0.476 e. The van der Waals surface area contributed by atoms with E-state index in [1.807, 2.05) is 43.5 Å². The second kappa shape index (κ2) is 12.6. The molecule has 0 bridgehead atoms. The monoisotopic (exact) mass is 534 g/mol. The van der Waals surface area contributed by atoms with Gasteiger partial charge in [0.05, 0.1) is 12.4 Å². The number of ether oxygens (including phenoxy) is 2. The van der Waals surface area contributed by atoms with E-state index in [1.54, 1.807) is 23.7 Å². The third-order valence-electron chi connectivity index (χ3n) is 6.38. The highest BCUT2D eigenvalue weighted by Gasteiger charge is 2.38. The van der Waals surface area contributed by atoms with E-state index in [9.17, 15) is 9.00 Å². The third-order valence-corrected chi connectivity index (χ3v) is 14.5. The van der Waals surface area contributed by atoms with Crippen molar-refractivity contribution in [2.45, 2.75) is 71.8 Å². The molecule has 0 aliphatic carbocycles. The Kier molecular flexibility index (Phi) is 10.4. The number of nitrogens with one attached hydrogen (secondary N) is 1. The number of aromatic nitrogens is 2. The summed E-state index contributed by atoms with van der Waals surface area (Å²) in [6.45, 7) is 19.0. The zero-order valence-electron chi connectivity index (χ0n) is 22.7. The second-order valence-electron chi connectivity index (χ2n) is 10.5. The van der Waals surface area contributed by atoms with E-state index in [4.69, 9.17) is 13.5 Å². The molecule has 0 aliphatic rings. The SMILES string of the molecule is C=CC[C@H](COc1ccn(CC)n1)C[S@](=O)(=N[Si](C)(C)C(C)(C)C)NC(=O)O[C@@H](C)c1ccccc1. The van der Waals surface area contributed by atoms with E-state index < -0.39 is 30.3 Å². The van der Waals surface area contributed by atoms with E-state index in [0.29, 0.717) is 12.3 Å². The number of carbonyl (C=O) groups is 1. The van der Waals surface area contributed by atoms with Crippen molar-refractivity contribution in [2.24, 2.45) is 9.95 Å². The van der Waals surface area contributed by atoms with Crippen LogP contribution in [0.5, 0.6) is 5.88 Å². The molecule has 36 heavy (non-hydrogen) atoms. The van der Waals surface area contributed by atoms with Gasteiger partial charge in [-0.1, -0.05) is 57.2 Å². The number of amides is 1. The molecule has 8 nitrogen and oxygen atoms in total. The van der Waals surface area contributed by atoms with Gasteiger partial charge in [-0.15, -0.1) is 11.7 Å². The molecule has 1 N–H and O–H groups in total. The third kappa shape index (κ3) is 8.81. The van der Waals surface area contributed by atoms with Gasteiger partial charge in [-0.3, -0.25) is 8.71 Å². The molecule has 1 amide bonds. The molecule has 200 valence electrons. The fourth-order valence-electron chi connectivity index (χ4n) is 3.25. The fourth-order valence-corrected chi connectivity index (χ4v) is 9.04. The van der Waals surface area contributed by atoms with Crippen molar-refractivity contribution in [1.29, 1.82) is 0 Å².